The Balaban J connectivity index is 1.87. The van der Waals surface area contributed by atoms with Gasteiger partial charge in [0.15, 0.2) is 0 Å². The second kappa shape index (κ2) is 6.98. The Morgan fingerprint density at radius 1 is 1.20 bits per heavy atom. The molecule has 1 aliphatic rings. The van der Waals surface area contributed by atoms with Crippen molar-refractivity contribution in [3.8, 4) is 5.75 Å². The van der Waals surface area contributed by atoms with Crippen LogP contribution in [0.2, 0.25) is 0 Å². The Labute approximate surface area is 132 Å². The van der Waals surface area contributed by atoms with Crippen LogP contribution >= 0.6 is 15.9 Å². The van der Waals surface area contributed by atoms with Crippen molar-refractivity contribution in [3.63, 3.8) is 0 Å². The van der Waals surface area contributed by atoms with Crippen LogP contribution < -0.4 is 4.74 Å². The summed E-state index contributed by atoms with van der Waals surface area (Å²) < 4.78 is 5.94. The third-order valence-corrected chi connectivity index (χ3v) is 5.00. The number of hydrogen-bond donors (Lipinski definition) is 0. The molecule has 0 radical (unpaired) electrons. The van der Waals surface area contributed by atoms with Gasteiger partial charge in [-0.3, -0.25) is 0 Å². The van der Waals surface area contributed by atoms with Crippen molar-refractivity contribution in [3.05, 3.63) is 29.3 Å². The Bertz CT molecular complexity index is 439. The Kier molecular flexibility index (Phi) is 5.54. The summed E-state index contributed by atoms with van der Waals surface area (Å²) in [5.41, 5.74) is 2.73. The Morgan fingerprint density at radius 3 is 2.70 bits per heavy atom. The highest BCUT2D eigenvalue weighted by molar-refractivity contribution is 9.09. The first-order valence-electron chi connectivity index (χ1n) is 7.98. The SMILES string of the molecule is CCCCCCCC(Br)c1ccc2c(c1)CC(C)(C)O2. The van der Waals surface area contributed by atoms with Gasteiger partial charge in [0.05, 0.1) is 0 Å². The number of rotatable bonds is 7. The fourth-order valence-corrected chi connectivity index (χ4v) is 3.53. The van der Waals surface area contributed by atoms with Gasteiger partial charge < -0.3 is 4.74 Å². The minimum absolute atomic E-state index is 0.0388. The average molecular weight is 339 g/mol. The van der Waals surface area contributed by atoms with Gasteiger partial charge in [-0.15, -0.1) is 0 Å². The summed E-state index contributed by atoms with van der Waals surface area (Å²) in [6.45, 7) is 6.58. The lowest BCUT2D eigenvalue weighted by Gasteiger charge is -2.16. The van der Waals surface area contributed by atoms with Gasteiger partial charge in [0.2, 0.25) is 0 Å². The summed E-state index contributed by atoms with van der Waals surface area (Å²) >= 11 is 3.85. The molecule has 1 aromatic rings. The molecule has 0 saturated carbocycles. The van der Waals surface area contributed by atoms with Crippen molar-refractivity contribution in [1.29, 1.82) is 0 Å². The number of hydrogen-bond acceptors (Lipinski definition) is 1. The van der Waals surface area contributed by atoms with E-state index in [-0.39, 0.29) is 5.60 Å². The van der Waals surface area contributed by atoms with Crippen molar-refractivity contribution in [1.82, 2.24) is 0 Å². The van der Waals surface area contributed by atoms with Gasteiger partial charge in [-0.2, -0.15) is 0 Å². The highest BCUT2D eigenvalue weighted by Gasteiger charge is 2.30. The molecule has 2 rings (SSSR count). The zero-order chi connectivity index (χ0) is 14.6. The maximum absolute atomic E-state index is 5.94. The molecule has 2 heteroatoms. The van der Waals surface area contributed by atoms with E-state index in [4.69, 9.17) is 4.74 Å². The van der Waals surface area contributed by atoms with Crippen molar-refractivity contribution < 1.29 is 4.74 Å². The number of fused-ring (bicyclic) bond motifs is 1. The standard InChI is InChI=1S/C18H27BrO/c1-4-5-6-7-8-9-16(19)14-10-11-17-15(12-14)13-18(2,3)20-17/h10-12,16H,4-9,13H2,1-3H3. The molecule has 1 aliphatic heterocycles. The molecule has 1 unspecified atom stereocenters. The second-order valence-corrected chi connectivity index (χ2v) is 7.68. The number of unbranched alkanes of at least 4 members (excludes halogenated alkanes) is 4. The lowest BCUT2D eigenvalue weighted by atomic mass is 9.98. The van der Waals surface area contributed by atoms with Crippen molar-refractivity contribution in [2.75, 3.05) is 0 Å². The van der Waals surface area contributed by atoms with Crippen LogP contribution in [0.3, 0.4) is 0 Å². The summed E-state index contributed by atoms with van der Waals surface area (Å²) in [6, 6.07) is 6.69. The van der Waals surface area contributed by atoms with E-state index in [1.807, 2.05) is 0 Å². The van der Waals surface area contributed by atoms with Gasteiger partial charge in [0, 0.05) is 11.2 Å². The molecule has 1 atom stereocenters. The van der Waals surface area contributed by atoms with Crippen LogP contribution in [0.25, 0.3) is 0 Å². The normalized spacial score (nSPS) is 17.6. The topological polar surface area (TPSA) is 9.23 Å². The predicted molar refractivity (Wildman–Crippen MR) is 89.9 cm³/mol. The van der Waals surface area contributed by atoms with Crippen LogP contribution in [0.1, 0.15) is 75.3 Å². The summed E-state index contributed by atoms with van der Waals surface area (Å²) in [5, 5.41) is 0. The molecule has 1 heterocycles. The first-order valence-corrected chi connectivity index (χ1v) is 8.89. The monoisotopic (exact) mass is 338 g/mol. The van der Waals surface area contributed by atoms with Crippen molar-refractivity contribution >= 4 is 15.9 Å². The second-order valence-electron chi connectivity index (χ2n) is 6.58. The van der Waals surface area contributed by atoms with E-state index >= 15 is 0 Å². The van der Waals surface area contributed by atoms with E-state index in [0.29, 0.717) is 4.83 Å². The van der Waals surface area contributed by atoms with E-state index in [1.54, 1.807) is 0 Å². The van der Waals surface area contributed by atoms with Crippen LogP contribution in [0.15, 0.2) is 18.2 Å². The quantitative estimate of drug-likeness (QED) is 0.425. The largest absolute Gasteiger partial charge is 0.487 e. The van der Waals surface area contributed by atoms with Crippen molar-refractivity contribution in [2.45, 2.75) is 76.1 Å². The molecule has 0 N–H and O–H groups in total. The molecule has 0 aromatic heterocycles. The fourth-order valence-electron chi connectivity index (χ4n) is 2.92. The summed E-state index contributed by atoms with van der Waals surface area (Å²) in [5.74, 6) is 1.07. The lowest BCUT2D eigenvalue weighted by molar-refractivity contribution is 0.138. The molecule has 1 aromatic carbocycles. The molecule has 0 fully saturated rings. The summed E-state index contributed by atoms with van der Waals surface area (Å²) in [6.07, 6.45) is 8.99. The fraction of sp³-hybridized carbons (Fsp3) is 0.667. The maximum Gasteiger partial charge on any atom is 0.123 e. The molecule has 112 valence electrons. The van der Waals surface area contributed by atoms with E-state index in [9.17, 15) is 0 Å². The van der Waals surface area contributed by atoms with Gasteiger partial charge in [-0.25, -0.2) is 0 Å². The molecule has 0 bridgehead atoms. The number of ether oxygens (including phenoxy) is 1. The van der Waals surface area contributed by atoms with Crippen molar-refractivity contribution in [2.24, 2.45) is 0 Å². The van der Waals surface area contributed by atoms with E-state index < -0.39 is 0 Å². The molecule has 0 spiro atoms. The third-order valence-electron chi connectivity index (χ3n) is 4.01. The third kappa shape index (κ3) is 4.25. The molecule has 20 heavy (non-hydrogen) atoms. The van der Waals surface area contributed by atoms with Crippen LogP contribution in [-0.4, -0.2) is 5.60 Å². The highest BCUT2D eigenvalue weighted by atomic mass is 79.9. The van der Waals surface area contributed by atoms with Crippen LogP contribution in [0.4, 0.5) is 0 Å². The number of benzene rings is 1. The highest BCUT2D eigenvalue weighted by Crippen LogP contribution is 2.38. The maximum atomic E-state index is 5.94. The van der Waals surface area contributed by atoms with Crippen LogP contribution in [0, 0.1) is 0 Å². The van der Waals surface area contributed by atoms with E-state index in [1.165, 1.54) is 49.7 Å². The molecule has 1 nitrogen and oxygen atoms in total. The zero-order valence-electron chi connectivity index (χ0n) is 13.0. The van der Waals surface area contributed by atoms with Crippen LogP contribution in [-0.2, 0) is 6.42 Å². The van der Waals surface area contributed by atoms with E-state index in [0.717, 1.165) is 12.2 Å². The van der Waals surface area contributed by atoms with Gasteiger partial charge in [0.25, 0.3) is 0 Å². The average Bonchev–Trinajstić information content (AvgIpc) is 2.70. The van der Waals surface area contributed by atoms with E-state index in [2.05, 4.69) is 54.9 Å². The predicted octanol–water partition coefficient (Wildman–Crippen LogP) is 6.20. The Hall–Kier alpha value is -0.500. The Morgan fingerprint density at radius 2 is 1.95 bits per heavy atom. The molecule has 0 saturated heterocycles. The number of halogens is 1. The first-order chi connectivity index (χ1) is 9.52. The molecule has 0 amide bonds. The lowest BCUT2D eigenvalue weighted by Crippen LogP contribution is -2.24. The number of alkyl halides is 1. The molecular weight excluding hydrogens is 312 g/mol. The molecular formula is C18H27BrO. The van der Waals surface area contributed by atoms with Gasteiger partial charge >= 0.3 is 0 Å². The van der Waals surface area contributed by atoms with Gasteiger partial charge in [0.1, 0.15) is 11.4 Å². The summed E-state index contributed by atoms with van der Waals surface area (Å²) in [7, 11) is 0. The molecule has 0 aliphatic carbocycles. The minimum atomic E-state index is -0.0388. The first kappa shape index (κ1) is 15.9. The van der Waals surface area contributed by atoms with Gasteiger partial charge in [-0.05, 0) is 37.5 Å². The minimum Gasteiger partial charge on any atom is -0.487 e. The smallest absolute Gasteiger partial charge is 0.123 e. The van der Waals surface area contributed by atoms with Crippen LogP contribution in [0.5, 0.6) is 5.75 Å². The zero-order valence-corrected chi connectivity index (χ0v) is 14.6. The van der Waals surface area contributed by atoms with Gasteiger partial charge in [-0.1, -0.05) is 67.1 Å². The summed E-state index contributed by atoms with van der Waals surface area (Å²) in [4.78, 5) is 0.484.